The molecule has 0 aromatic carbocycles. The van der Waals surface area contributed by atoms with Crippen LogP contribution in [-0.4, -0.2) is 28.0 Å². The Morgan fingerprint density at radius 2 is 2.36 bits per heavy atom. The third-order valence-corrected chi connectivity index (χ3v) is 1.96. The Balaban J connectivity index is 2.64. The molecule has 0 fully saturated rings. The molecule has 0 aliphatic rings. The first kappa shape index (κ1) is 8.68. The Hall–Kier alpha value is -1.91. The summed E-state index contributed by atoms with van der Waals surface area (Å²) < 4.78 is 4.62. The molecule has 0 aliphatic carbocycles. The number of H-pyrrole nitrogens is 1. The third-order valence-electron chi connectivity index (χ3n) is 1.96. The van der Waals surface area contributed by atoms with E-state index in [1.165, 1.54) is 7.11 Å². The van der Waals surface area contributed by atoms with Crippen molar-refractivity contribution in [1.29, 1.82) is 0 Å². The summed E-state index contributed by atoms with van der Waals surface area (Å²) in [6.07, 6.45) is 3.19. The first-order chi connectivity index (χ1) is 6.72. The maximum atomic E-state index is 11.3. The van der Waals surface area contributed by atoms with Crippen LogP contribution < -0.4 is 0 Å². The molecule has 2 aromatic rings. The van der Waals surface area contributed by atoms with Gasteiger partial charge in [0.25, 0.3) is 0 Å². The van der Waals surface area contributed by atoms with E-state index in [9.17, 15) is 4.79 Å². The van der Waals surface area contributed by atoms with Crippen molar-refractivity contribution in [3.8, 4) is 0 Å². The van der Waals surface area contributed by atoms with Crippen molar-refractivity contribution in [3.05, 3.63) is 23.8 Å². The highest BCUT2D eigenvalue weighted by atomic mass is 16.5. The number of nitrogens with one attached hydrogen (secondary N) is 1. The molecular weight excluding hydrogens is 182 g/mol. The minimum atomic E-state index is -0.385. The quantitative estimate of drug-likeness (QED) is 0.684. The molecule has 0 amide bonds. The molecule has 0 saturated carbocycles. The molecule has 14 heavy (non-hydrogen) atoms. The van der Waals surface area contributed by atoms with E-state index in [1.807, 2.05) is 0 Å². The van der Waals surface area contributed by atoms with Crippen molar-refractivity contribution in [2.45, 2.75) is 6.92 Å². The number of methoxy groups -OCH3 is 1. The number of hydrogen-bond donors (Lipinski definition) is 1. The van der Waals surface area contributed by atoms with Gasteiger partial charge in [0.1, 0.15) is 11.5 Å². The number of nitrogens with zero attached hydrogens (tertiary/aromatic N) is 2. The summed E-state index contributed by atoms with van der Waals surface area (Å²) >= 11 is 0. The number of carbonyl (C=O) groups excluding carboxylic acids is 1. The van der Waals surface area contributed by atoms with Gasteiger partial charge < -0.3 is 9.72 Å². The lowest BCUT2D eigenvalue weighted by molar-refractivity contribution is 0.0603. The van der Waals surface area contributed by atoms with E-state index in [1.54, 1.807) is 19.3 Å². The summed E-state index contributed by atoms with van der Waals surface area (Å²) in [5, 5.41) is 0.683. The fourth-order valence-corrected chi connectivity index (χ4v) is 1.27. The number of hydrogen-bond acceptors (Lipinski definition) is 4. The maximum absolute atomic E-state index is 11.3. The Morgan fingerprint density at radius 3 is 3.07 bits per heavy atom. The van der Waals surface area contributed by atoms with Crippen LogP contribution in [0.3, 0.4) is 0 Å². The minimum absolute atomic E-state index is 0.385. The lowest BCUT2D eigenvalue weighted by atomic mass is 10.2. The summed E-state index contributed by atoms with van der Waals surface area (Å²) in [7, 11) is 1.34. The highest BCUT2D eigenvalue weighted by molar-refractivity contribution is 6.02. The zero-order chi connectivity index (χ0) is 10.1. The molecular formula is C9H9N3O2. The van der Waals surface area contributed by atoms with Crippen molar-refractivity contribution in [2.75, 3.05) is 7.11 Å². The predicted molar refractivity (Wildman–Crippen MR) is 50.0 cm³/mol. The van der Waals surface area contributed by atoms with Gasteiger partial charge in [0.2, 0.25) is 0 Å². The van der Waals surface area contributed by atoms with Crippen LogP contribution in [0.25, 0.3) is 11.0 Å². The largest absolute Gasteiger partial charge is 0.465 e. The van der Waals surface area contributed by atoms with Gasteiger partial charge in [-0.05, 0) is 6.92 Å². The maximum Gasteiger partial charge on any atom is 0.340 e. The van der Waals surface area contributed by atoms with Crippen LogP contribution in [0, 0.1) is 6.92 Å². The van der Waals surface area contributed by atoms with Gasteiger partial charge in [0, 0.05) is 12.4 Å². The standard InChI is InChI=1S/C9H9N3O2/c1-5-10-3-6-7(9(13)14-2)4-11-8(6)12-5/h3-4H,1-2H3,(H,10,11,12). The first-order valence-corrected chi connectivity index (χ1v) is 4.11. The average molecular weight is 191 g/mol. The Morgan fingerprint density at radius 1 is 1.57 bits per heavy atom. The van der Waals surface area contributed by atoms with Crippen LogP contribution in [0.2, 0.25) is 0 Å². The Bertz CT molecular complexity index is 490. The van der Waals surface area contributed by atoms with Crippen LogP contribution in [0.15, 0.2) is 12.4 Å². The number of rotatable bonds is 1. The summed E-state index contributed by atoms with van der Waals surface area (Å²) in [5.74, 6) is 0.277. The van der Waals surface area contributed by atoms with Crippen molar-refractivity contribution in [3.63, 3.8) is 0 Å². The van der Waals surface area contributed by atoms with Gasteiger partial charge in [-0.25, -0.2) is 14.8 Å². The SMILES string of the molecule is COC(=O)c1c[nH]c2nc(C)ncc12. The Kier molecular flexibility index (Phi) is 1.92. The normalized spacial score (nSPS) is 10.4. The van der Waals surface area contributed by atoms with Gasteiger partial charge in [-0.1, -0.05) is 0 Å². The van der Waals surface area contributed by atoms with Gasteiger partial charge in [-0.15, -0.1) is 0 Å². The van der Waals surface area contributed by atoms with Gasteiger partial charge in [-0.3, -0.25) is 0 Å². The van der Waals surface area contributed by atoms with Gasteiger partial charge >= 0.3 is 5.97 Å². The zero-order valence-corrected chi connectivity index (χ0v) is 7.87. The van der Waals surface area contributed by atoms with Gasteiger partial charge in [-0.2, -0.15) is 0 Å². The predicted octanol–water partition coefficient (Wildman–Crippen LogP) is 1.05. The number of fused-ring (bicyclic) bond motifs is 1. The van der Waals surface area contributed by atoms with E-state index in [0.29, 0.717) is 22.4 Å². The van der Waals surface area contributed by atoms with E-state index < -0.39 is 0 Å². The molecule has 0 spiro atoms. The second kappa shape index (κ2) is 3.10. The average Bonchev–Trinajstić information content (AvgIpc) is 2.59. The molecule has 2 rings (SSSR count). The molecule has 5 heteroatoms. The smallest absolute Gasteiger partial charge is 0.340 e. The topological polar surface area (TPSA) is 67.9 Å². The van der Waals surface area contributed by atoms with Crippen LogP contribution in [0.5, 0.6) is 0 Å². The van der Waals surface area contributed by atoms with Crippen molar-refractivity contribution in [1.82, 2.24) is 15.0 Å². The minimum Gasteiger partial charge on any atom is -0.465 e. The second-order valence-electron chi connectivity index (χ2n) is 2.87. The molecule has 2 heterocycles. The van der Waals surface area contributed by atoms with E-state index in [-0.39, 0.29) is 5.97 Å². The number of aromatic nitrogens is 3. The highest BCUT2D eigenvalue weighted by Crippen LogP contribution is 2.15. The number of esters is 1. The molecule has 5 nitrogen and oxygen atoms in total. The van der Waals surface area contributed by atoms with E-state index in [4.69, 9.17) is 0 Å². The fraction of sp³-hybridized carbons (Fsp3) is 0.222. The summed E-state index contributed by atoms with van der Waals surface area (Å²) in [6.45, 7) is 1.79. The summed E-state index contributed by atoms with van der Waals surface area (Å²) in [5.41, 5.74) is 1.11. The van der Waals surface area contributed by atoms with Crippen molar-refractivity contribution >= 4 is 17.0 Å². The molecule has 0 atom stereocenters. The van der Waals surface area contributed by atoms with Crippen molar-refractivity contribution < 1.29 is 9.53 Å². The molecule has 2 aromatic heterocycles. The number of carbonyl (C=O) groups is 1. The molecule has 0 unspecified atom stereocenters. The van der Waals surface area contributed by atoms with Crippen LogP contribution in [-0.2, 0) is 4.74 Å². The number of aromatic amines is 1. The summed E-state index contributed by atoms with van der Waals surface area (Å²) in [6, 6.07) is 0. The van der Waals surface area contributed by atoms with E-state index in [0.717, 1.165) is 0 Å². The molecule has 0 bridgehead atoms. The monoisotopic (exact) mass is 191 g/mol. The van der Waals surface area contributed by atoms with Crippen molar-refractivity contribution in [2.24, 2.45) is 0 Å². The molecule has 0 radical (unpaired) electrons. The lowest BCUT2D eigenvalue weighted by Gasteiger charge is -1.95. The van der Waals surface area contributed by atoms with Crippen LogP contribution in [0.4, 0.5) is 0 Å². The van der Waals surface area contributed by atoms with Crippen LogP contribution in [0.1, 0.15) is 16.2 Å². The Labute approximate surface area is 80.1 Å². The molecule has 0 saturated heterocycles. The zero-order valence-electron chi connectivity index (χ0n) is 7.87. The molecule has 0 aliphatic heterocycles. The van der Waals surface area contributed by atoms with E-state index in [2.05, 4.69) is 19.7 Å². The molecule has 72 valence electrons. The fourth-order valence-electron chi connectivity index (χ4n) is 1.27. The second-order valence-corrected chi connectivity index (χ2v) is 2.87. The first-order valence-electron chi connectivity index (χ1n) is 4.11. The van der Waals surface area contributed by atoms with E-state index >= 15 is 0 Å². The van der Waals surface area contributed by atoms with Crippen LogP contribution >= 0.6 is 0 Å². The molecule has 1 N–H and O–H groups in total. The number of ether oxygens (including phenoxy) is 1. The van der Waals surface area contributed by atoms with Gasteiger partial charge in [0.05, 0.1) is 18.1 Å². The summed E-state index contributed by atoms with van der Waals surface area (Å²) in [4.78, 5) is 22.3. The van der Waals surface area contributed by atoms with Gasteiger partial charge in [0.15, 0.2) is 0 Å². The highest BCUT2D eigenvalue weighted by Gasteiger charge is 2.12. The number of aryl methyl sites for hydroxylation is 1. The third kappa shape index (κ3) is 1.22. The lowest BCUT2D eigenvalue weighted by Crippen LogP contribution is -1.99.